The van der Waals surface area contributed by atoms with Crippen molar-refractivity contribution in [3.8, 4) is 0 Å². The summed E-state index contributed by atoms with van der Waals surface area (Å²) in [4.78, 5) is 3.97. The minimum absolute atomic E-state index is 0.244. The predicted molar refractivity (Wildman–Crippen MR) is 74.6 cm³/mol. The topological polar surface area (TPSA) is 85.5 Å². The summed E-state index contributed by atoms with van der Waals surface area (Å²) in [5.41, 5.74) is 7.16. The molecule has 1 aromatic heterocycles. The molecule has 1 aliphatic rings. The van der Waals surface area contributed by atoms with Crippen LogP contribution in [0.15, 0.2) is 15.9 Å². The number of nitrogens with two attached hydrogens (primary N) is 1. The number of nitrogen functional groups attached to an aromatic ring is 1. The molecule has 0 saturated heterocycles. The van der Waals surface area contributed by atoms with Crippen molar-refractivity contribution in [2.24, 2.45) is 0 Å². The number of sulfonamides is 1. The number of thiazole rings is 1. The number of nitrogens with zero attached hydrogens (tertiary/aromatic N) is 2. The molecule has 0 aliphatic carbocycles. The molecule has 0 fully saturated rings. The molecule has 106 valence electrons. The van der Waals surface area contributed by atoms with Gasteiger partial charge in [-0.15, -0.1) is 0 Å². The largest absolute Gasteiger partial charge is 0.380 e. The van der Waals surface area contributed by atoms with Crippen molar-refractivity contribution in [1.82, 2.24) is 9.29 Å². The normalized spacial score (nSPS) is 17.5. The summed E-state index contributed by atoms with van der Waals surface area (Å²) in [5, 5.41) is 0.281. The maximum absolute atomic E-state index is 12.5. The van der Waals surface area contributed by atoms with Gasteiger partial charge in [0.15, 0.2) is 9.34 Å². The average molecular weight is 303 g/mol. The van der Waals surface area contributed by atoms with Crippen molar-refractivity contribution in [3.63, 3.8) is 0 Å². The van der Waals surface area contributed by atoms with Crippen LogP contribution in [-0.4, -0.2) is 44.5 Å². The monoisotopic (exact) mass is 303 g/mol. The van der Waals surface area contributed by atoms with Gasteiger partial charge in [0.2, 0.25) is 0 Å². The van der Waals surface area contributed by atoms with Gasteiger partial charge in [-0.3, -0.25) is 0 Å². The minimum Gasteiger partial charge on any atom is -0.380 e. The molecule has 6 nitrogen and oxygen atoms in total. The third-order valence-corrected chi connectivity index (χ3v) is 6.38. The standard InChI is InChI=1S/C11H17N3O3S2/c1-8-10(18-11(12)13-8)19(15,16)14-5-3-9(4-6-14)7-17-2/h3H,4-7H2,1-2H3,(H2,12,13). The second kappa shape index (κ2) is 5.58. The summed E-state index contributed by atoms with van der Waals surface area (Å²) in [6.07, 6.45) is 2.60. The number of hydrogen-bond donors (Lipinski definition) is 1. The lowest BCUT2D eigenvalue weighted by Gasteiger charge is -2.25. The van der Waals surface area contributed by atoms with E-state index in [0.29, 0.717) is 31.8 Å². The van der Waals surface area contributed by atoms with E-state index in [1.165, 1.54) is 4.31 Å². The highest BCUT2D eigenvalue weighted by Gasteiger charge is 2.29. The van der Waals surface area contributed by atoms with E-state index in [1.54, 1.807) is 14.0 Å². The number of methoxy groups -OCH3 is 1. The number of rotatable bonds is 4. The van der Waals surface area contributed by atoms with Crippen LogP contribution in [0.3, 0.4) is 0 Å². The average Bonchev–Trinajstić information content (AvgIpc) is 2.70. The first-order valence-corrected chi connectivity index (χ1v) is 8.10. The van der Waals surface area contributed by atoms with Crippen LogP contribution in [0.25, 0.3) is 0 Å². The number of hydrogen-bond acceptors (Lipinski definition) is 6. The van der Waals surface area contributed by atoms with Crippen molar-refractivity contribution in [2.75, 3.05) is 32.5 Å². The highest BCUT2D eigenvalue weighted by atomic mass is 32.2. The molecule has 2 heterocycles. The molecule has 0 amide bonds. The SMILES string of the molecule is COCC1=CCN(S(=O)(=O)c2sc(N)nc2C)CC1. The summed E-state index contributed by atoms with van der Waals surface area (Å²) in [5.74, 6) is 0. The summed E-state index contributed by atoms with van der Waals surface area (Å²) >= 11 is 1.02. The van der Waals surface area contributed by atoms with Crippen molar-refractivity contribution >= 4 is 26.5 Å². The maximum Gasteiger partial charge on any atom is 0.254 e. The Kier molecular flexibility index (Phi) is 4.24. The Morgan fingerprint density at radius 3 is 2.79 bits per heavy atom. The zero-order chi connectivity index (χ0) is 14.0. The lowest BCUT2D eigenvalue weighted by molar-refractivity contribution is 0.219. The van der Waals surface area contributed by atoms with Crippen molar-refractivity contribution in [1.29, 1.82) is 0 Å². The smallest absolute Gasteiger partial charge is 0.254 e. The van der Waals surface area contributed by atoms with Gasteiger partial charge in [-0.1, -0.05) is 17.4 Å². The Bertz CT molecular complexity index is 592. The van der Waals surface area contributed by atoms with Gasteiger partial charge in [0.1, 0.15) is 0 Å². The first-order chi connectivity index (χ1) is 8.95. The molecule has 1 aromatic rings. The summed E-state index contributed by atoms with van der Waals surface area (Å²) in [6.45, 7) is 3.06. The molecule has 2 N–H and O–H groups in total. The summed E-state index contributed by atoms with van der Waals surface area (Å²) < 4.78 is 31.7. The van der Waals surface area contributed by atoms with Gasteiger partial charge in [-0.25, -0.2) is 13.4 Å². The van der Waals surface area contributed by atoms with Crippen LogP contribution in [-0.2, 0) is 14.8 Å². The fourth-order valence-electron chi connectivity index (χ4n) is 1.99. The predicted octanol–water partition coefficient (Wildman–Crippen LogP) is 1.00. The van der Waals surface area contributed by atoms with E-state index in [0.717, 1.165) is 16.9 Å². The number of aryl methyl sites for hydroxylation is 1. The minimum atomic E-state index is -3.49. The van der Waals surface area contributed by atoms with E-state index in [9.17, 15) is 8.42 Å². The molecule has 0 spiro atoms. The van der Waals surface area contributed by atoms with Gasteiger partial charge in [0.25, 0.3) is 10.0 Å². The Labute approximate surface area is 116 Å². The molecule has 0 saturated carbocycles. The van der Waals surface area contributed by atoms with Gasteiger partial charge < -0.3 is 10.5 Å². The van der Waals surface area contributed by atoms with Gasteiger partial charge in [-0.2, -0.15) is 4.31 Å². The van der Waals surface area contributed by atoms with E-state index >= 15 is 0 Å². The third kappa shape index (κ3) is 2.97. The first kappa shape index (κ1) is 14.4. The number of aromatic nitrogens is 1. The molecule has 2 rings (SSSR count). The molecular formula is C11H17N3O3S2. The van der Waals surface area contributed by atoms with Crippen LogP contribution in [0.1, 0.15) is 12.1 Å². The van der Waals surface area contributed by atoms with E-state index in [2.05, 4.69) is 4.98 Å². The zero-order valence-corrected chi connectivity index (χ0v) is 12.6. The molecule has 0 unspecified atom stereocenters. The molecule has 19 heavy (non-hydrogen) atoms. The molecule has 0 atom stereocenters. The Morgan fingerprint density at radius 2 is 2.32 bits per heavy atom. The quantitative estimate of drug-likeness (QED) is 0.839. The maximum atomic E-state index is 12.5. The Balaban J connectivity index is 2.21. The number of ether oxygens (including phenoxy) is 1. The van der Waals surface area contributed by atoms with Gasteiger partial charge >= 0.3 is 0 Å². The second-order valence-electron chi connectivity index (χ2n) is 4.33. The first-order valence-electron chi connectivity index (χ1n) is 5.85. The van der Waals surface area contributed by atoms with E-state index in [1.807, 2.05) is 6.08 Å². The van der Waals surface area contributed by atoms with Crippen molar-refractivity contribution in [2.45, 2.75) is 17.6 Å². The van der Waals surface area contributed by atoms with Crippen LogP contribution in [0, 0.1) is 6.92 Å². The van der Waals surface area contributed by atoms with Crippen molar-refractivity contribution < 1.29 is 13.2 Å². The molecule has 0 bridgehead atoms. The van der Waals surface area contributed by atoms with Crippen LogP contribution < -0.4 is 5.73 Å². The molecule has 8 heteroatoms. The van der Waals surface area contributed by atoms with Crippen molar-refractivity contribution in [3.05, 3.63) is 17.3 Å². The van der Waals surface area contributed by atoms with E-state index in [4.69, 9.17) is 10.5 Å². The fourth-order valence-corrected chi connectivity index (χ4v) is 4.80. The van der Waals surface area contributed by atoms with E-state index in [-0.39, 0.29) is 9.34 Å². The third-order valence-electron chi connectivity index (χ3n) is 2.94. The Morgan fingerprint density at radius 1 is 1.58 bits per heavy atom. The zero-order valence-electron chi connectivity index (χ0n) is 10.9. The fraction of sp³-hybridized carbons (Fsp3) is 0.545. The molecule has 0 radical (unpaired) electrons. The van der Waals surface area contributed by atoms with Gasteiger partial charge in [0.05, 0.1) is 12.3 Å². The van der Waals surface area contributed by atoms with Crippen LogP contribution in [0.2, 0.25) is 0 Å². The van der Waals surface area contributed by atoms with Crippen LogP contribution >= 0.6 is 11.3 Å². The molecule has 1 aliphatic heterocycles. The van der Waals surface area contributed by atoms with Gasteiger partial charge in [0, 0.05) is 20.2 Å². The lowest BCUT2D eigenvalue weighted by Crippen LogP contribution is -2.35. The van der Waals surface area contributed by atoms with Crippen LogP contribution in [0.4, 0.5) is 5.13 Å². The molecular weight excluding hydrogens is 286 g/mol. The van der Waals surface area contributed by atoms with E-state index < -0.39 is 10.0 Å². The lowest BCUT2D eigenvalue weighted by atomic mass is 10.1. The summed E-state index contributed by atoms with van der Waals surface area (Å²) in [7, 11) is -1.85. The highest BCUT2D eigenvalue weighted by molar-refractivity contribution is 7.91. The van der Waals surface area contributed by atoms with Gasteiger partial charge in [-0.05, 0) is 18.9 Å². The van der Waals surface area contributed by atoms with Crippen LogP contribution in [0.5, 0.6) is 0 Å². The summed E-state index contributed by atoms with van der Waals surface area (Å²) in [6, 6.07) is 0. The number of anilines is 1. The second-order valence-corrected chi connectivity index (χ2v) is 7.50. The Hall–Kier alpha value is -0.960. The highest BCUT2D eigenvalue weighted by Crippen LogP contribution is 2.29. The molecule has 0 aromatic carbocycles.